The molecule has 3 rings (SSSR count). The van der Waals surface area contributed by atoms with E-state index in [1.165, 1.54) is 31.5 Å². The highest BCUT2D eigenvalue weighted by Gasteiger charge is 2.21. The number of hydrogen-bond acceptors (Lipinski definition) is 6. The fourth-order valence-electron chi connectivity index (χ4n) is 3.56. The number of hydrogen-bond donors (Lipinski definition) is 1. The molecule has 0 aliphatic carbocycles. The van der Waals surface area contributed by atoms with Crippen molar-refractivity contribution in [2.75, 3.05) is 25.0 Å². The molecule has 0 saturated carbocycles. The zero-order valence-corrected chi connectivity index (χ0v) is 17.3. The van der Waals surface area contributed by atoms with Crippen LogP contribution < -0.4 is 10.1 Å². The second-order valence-electron chi connectivity index (χ2n) is 7.55. The van der Waals surface area contributed by atoms with Crippen LogP contribution in [0.2, 0.25) is 0 Å². The molecule has 1 saturated heterocycles. The van der Waals surface area contributed by atoms with Crippen LogP contribution in [0.3, 0.4) is 0 Å². The molecule has 1 N–H and O–H groups in total. The van der Waals surface area contributed by atoms with E-state index in [-0.39, 0.29) is 10.6 Å². The summed E-state index contributed by atoms with van der Waals surface area (Å²) in [4.78, 5) is 17.8. The van der Waals surface area contributed by atoms with Crippen LogP contribution in [0.4, 0.5) is 11.4 Å². The molecule has 0 amide bonds. The van der Waals surface area contributed by atoms with E-state index >= 15 is 0 Å². The molecule has 0 bridgehead atoms. The minimum absolute atomic E-state index is 0.00139. The summed E-state index contributed by atoms with van der Waals surface area (Å²) in [5.41, 5.74) is 3.17. The van der Waals surface area contributed by atoms with E-state index in [4.69, 9.17) is 4.74 Å². The molecule has 1 aromatic heterocycles. The van der Waals surface area contributed by atoms with Gasteiger partial charge in [0.05, 0.1) is 11.5 Å². The maximum atomic E-state index is 11.5. The van der Waals surface area contributed by atoms with Crippen LogP contribution in [0.5, 0.6) is 5.88 Å². The molecule has 2 heterocycles. The zero-order valence-electron chi connectivity index (χ0n) is 17.3. The van der Waals surface area contributed by atoms with E-state index in [9.17, 15) is 10.1 Å². The minimum Gasteiger partial charge on any atom is -0.478 e. The highest BCUT2D eigenvalue weighted by atomic mass is 16.6. The van der Waals surface area contributed by atoms with Gasteiger partial charge in [-0.05, 0) is 50.4 Å². The predicted octanol–water partition coefficient (Wildman–Crippen LogP) is 4.69. The summed E-state index contributed by atoms with van der Waals surface area (Å²) in [6.45, 7) is 8.13. The molecule has 1 aliphatic rings. The first-order chi connectivity index (χ1) is 14.1. The highest BCUT2D eigenvalue weighted by Crippen LogP contribution is 2.31. The fraction of sp³-hybridized carbons (Fsp3) is 0.500. The smallest absolute Gasteiger partial charge is 0.313 e. The number of anilines is 1. The molecule has 7 nitrogen and oxygen atoms in total. The van der Waals surface area contributed by atoms with Crippen LogP contribution in [0.15, 0.2) is 30.3 Å². The number of likely N-dealkylation sites (tertiary alicyclic amines) is 1. The van der Waals surface area contributed by atoms with Crippen molar-refractivity contribution < 1.29 is 9.66 Å². The maximum Gasteiger partial charge on any atom is 0.313 e. The predicted molar refractivity (Wildman–Crippen MR) is 114 cm³/mol. The summed E-state index contributed by atoms with van der Waals surface area (Å²) in [6, 6.07) is 10.1. The van der Waals surface area contributed by atoms with Gasteiger partial charge in [0, 0.05) is 19.2 Å². The first kappa shape index (κ1) is 21.0. The van der Waals surface area contributed by atoms with E-state index in [0.29, 0.717) is 30.4 Å². The van der Waals surface area contributed by atoms with Gasteiger partial charge in [-0.1, -0.05) is 37.6 Å². The Hall–Kier alpha value is -2.67. The van der Waals surface area contributed by atoms with E-state index in [1.54, 1.807) is 13.0 Å². The minimum atomic E-state index is -0.389. The molecule has 0 atom stereocenters. The third kappa shape index (κ3) is 5.90. The first-order valence-electron chi connectivity index (χ1n) is 10.4. The lowest BCUT2D eigenvalue weighted by atomic mass is 10.1. The standard InChI is InChI=1S/C22H30N4O3/c1-3-4-13-29-21-14-20(22(26(27)28)17(2)24-21)23-15-18-7-9-19(10-8-18)16-25-11-5-6-12-25/h7-10,14H,3-6,11-13,15-16H2,1-2H3,(H,23,24). The molecule has 156 valence electrons. The topological polar surface area (TPSA) is 80.5 Å². The van der Waals surface area contributed by atoms with E-state index in [2.05, 4.69) is 46.4 Å². The second kappa shape index (κ2) is 10.2. The van der Waals surface area contributed by atoms with E-state index in [1.807, 2.05) is 0 Å². The van der Waals surface area contributed by atoms with E-state index < -0.39 is 0 Å². The van der Waals surface area contributed by atoms with Gasteiger partial charge >= 0.3 is 5.69 Å². The Labute approximate surface area is 172 Å². The zero-order chi connectivity index (χ0) is 20.6. The third-order valence-electron chi connectivity index (χ3n) is 5.18. The molecule has 0 unspecified atom stereocenters. The van der Waals surface area contributed by atoms with Gasteiger partial charge in [0.1, 0.15) is 11.4 Å². The van der Waals surface area contributed by atoms with E-state index in [0.717, 1.165) is 24.9 Å². The Balaban J connectivity index is 1.67. The van der Waals surface area contributed by atoms with Gasteiger partial charge in [0.25, 0.3) is 0 Å². The van der Waals surface area contributed by atoms with Crippen molar-refractivity contribution in [3.8, 4) is 5.88 Å². The van der Waals surface area contributed by atoms with Crippen molar-refractivity contribution in [3.05, 3.63) is 57.3 Å². The molecule has 1 aliphatic heterocycles. The van der Waals surface area contributed by atoms with Crippen LogP contribution >= 0.6 is 0 Å². The summed E-state index contributed by atoms with van der Waals surface area (Å²) in [5, 5.41) is 14.7. The van der Waals surface area contributed by atoms with Crippen LogP contribution in [0, 0.1) is 17.0 Å². The number of nitro groups is 1. The molecule has 0 spiro atoms. The maximum absolute atomic E-state index is 11.5. The monoisotopic (exact) mass is 398 g/mol. The average molecular weight is 399 g/mol. The Morgan fingerprint density at radius 1 is 1.21 bits per heavy atom. The summed E-state index contributed by atoms with van der Waals surface area (Å²) >= 11 is 0. The number of nitrogens with one attached hydrogen (secondary N) is 1. The SMILES string of the molecule is CCCCOc1cc(NCc2ccc(CN3CCCC3)cc2)c([N+](=O)[O-])c(C)n1. The van der Waals surface area contributed by atoms with Gasteiger partial charge in [-0.15, -0.1) is 0 Å². The van der Waals surface area contributed by atoms with Gasteiger partial charge in [0.15, 0.2) is 0 Å². The van der Waals surface area contributed by atoms with Gasteiger partial charge in [0.2, 0.25) is 5.88 Å². The summed E-state index contributed by atoms with van der Waals surface area (Å²) < 4.78 is 5.66. The molecular formula is C22H30N4O3. The van der Waals surface area contributed by atoms with Crippen molar-refractivity contribution in [2.45, 2.75) is 52.6 Å². The lowest BCUT2D eigenvalue weighted by Crippen LogP contribution is -2.18. The Morgan fingerprint density at radius 2 is 1.90 bits per heavy atom. The summed E-state index contributed by atoms with van der Waals surface area (Å²) in [6.07, 6.45) is 4.52. The average Bonchev–Trinajstić information content (AvgIpc) is 3.20. The van der Waals surface area contributed by atoms with Gasteiger partial charge in [-0.3, -0.25) is 15.0 Å². The second-order valence-corrected chi connectivity index (χ2v) is 7.55. The number of benzene rings is 1. The van der Waals surface area contributed by atoms with Crippen LogP contribution in [0.1, 0.15) is 49.4 Å². The quantitative estimate of drug-likeness (QED) is 0.355. The lowest BCUT2D eigenvalue weighted by Gasteiger charge is -2.15. The largest absolute Gasteiger partial charge is 0.478 e. The van der Waals surface area contributed by atoms with Crippen LogP contribution in [0.25, 0.3) is 0 Å². The summed E-state index contributed by atoms with van der Waals surface area (Å²) in [7, 11) is 0. The van der Waals surface area contributed by atoms with Gasteiger partial charge in [-0.25, -0.2) is 4.98 Å². The number of aryl methyl sites for hydroxylation is 1. The normalized spacial score (nSPS) is 14.1. The third-order valence-corrected chi connectivity index (χ3v) is 5.18. The molecule has 1 fully saturated rings. The van der Waals surface area contributed by atoms with Crippen LogP contribution in [-0.2, 0) is 13.1 Å². The molecular weight excluding hydrogens is 368 g/mol. The number of nitrogens with zero attached hydrogens (tertiary/aromatic N) is 3. The molecule has 0 radical (unpaired) electrons. The molecule has 1 aromatic carbocycles. The number of unbranched alkanes of at least 4 members (excludes halogenated alkanes) is 1. The van der Waals surface area contributed by atoms with Crippen molar-refractivity contribution in [1.29, 1.82) is 0 Å². The van der Waals surface area contributed by atoms with Crippen molar-refractivity contribution in [3.63, 3.8) is 0 Å². The Morgan fingerprint density at radius 3 is 2.55 bits per heavy atom. The molecule has 7 heteroatoms. The molecule has 29 heavy (non-hydrogen) atoms. The van der Waals surface area contributed by atoms with Crippen molar-refractivity contribution >= 4 is 11.4 Å². The number of ether oxygens (including phenoxy) is 1. The van der Waals surface area contributed by atoms with Crippen molar-refractivity contribution in [1.82, 2.24) is 9.88 Å². The molecule has 2 aromatic rings. The van der Waals surface area contributed by atoms with Gasteiger partial charge < -0.3 is 10.1 Å². The number of rotatable bonds is 10. The number of pyridine rings is 1. The highest BCUT2D eigenvalue weighted by molar-refractivity contribution is 5.65. The lowest BCUT2D eigenvalue weighted by molar-refractivity contribution is -0.384. The Kier molecular flexibility index (Phi) is 7.41. The van der Waals surface area contributed by atoms with Crippen molar-refractivity contribution in [2.24, 2.45) is 0 Å². The fourth-order valence-corrected chi connectivity index (χ4v) is 3.56. The summed E-state index contributed by atoms with van der Waals surface area (Å²) in [5.74, 6) is 0.421. The van der Waals surface area contributed by atoms with Gasteiger partial charge in [-0.2, -0.15) is 0 Å². The van der Waals surface area contributed by atoms with Crippen LogP contribution in [-0.4, -0.2) is 34.5 Å². The number of aromatic nitrogens is 1. The first-order valence-corrected chi connectivity index (χ1v) is 10.4. The Bertz CT molecular complexity index is 818.